The van der Waals surface area contributed by atoms with E-state index in [1.54, 1.807) is 11.0 Å². The van der Waals surface area contributed by atoms with Gasteiger partial charge >= 0.3 is 0 Å². The molecule has 1 fully saturated rings. The fraction of sp³-hybridized carbons (Fsp3) is 0.571. The molecule has 0 aromatic carbocycles. The third-order valence-corrected chi connectivity index (χ3v) is 4.07. The third kappa shape index (κ3) is 2.81. The van der Waals surface area contributed by atoms with E-state index in [1.807, 2.05) is 18.7 Å². The van der Waals surface area contributed by atoms with Crippen LogP contribution in [0.15, 0.2) is 18.7 Å². The van der Waals surface area contributed by atoms with Crippen LogP contribution in [-0.2, 0) is 4.79 Å². The monoisotopic (exact) mass is 288 g/mol. The molecule has 1 amide bonds. The van der Waals surface area contributed by atoms with Crippen LogP contribution in [0.3, 0.4) is 0 Å². The van der Waals surface area contributed by atoms with E-state index in [0.717, 1.165) is 37.3 Å². The number of aromatic nitrogens is 5. The molecule has 0 spiro atoms. The van der Waals surface area contributed by atoms with Gasteiger partial charge in [-0.15, -0.1) is 0 Å². The predicted molar refractivity (Wildman–Crippen MR) is 76.6 cm³/mol. The molecule has 3 rings (SSSR count). The number of hydrogen-bond donors (Lipinski definition) is 1. The minimum atomic E-state index is -0.313. The SMILES string of the molecule is Cc1cc([C@@H]2CCCN(C(=O)[C@H](C)n3cncn3)C2)n[nH]1. The lowest BCUT2D eigenvalue weighted by atomic mass is 9.94. The van der Waals surface area contributed by atoms with Crippen LogP contribution in [0, 0.1) is 6.92 Å². The molecular weight excluding hydrogens is 268 g/mol. The highest BCUT2D eigenvalue weighted by Gasteiger charge is 2.29. The lowest BCUT2D eigenvalue weighted by Crippen LogP contribution is -2.42. The number of H-pyrrole nitrogens is 1. The Balaban J connectivity index is 1.69. The van der Waals surface area contributed by atoms with Crippen LogP contribution in [0.4, 0.5) is 0 Å². The molecule has 0 bridgehead atoms. The second-order valence-corrected chi connectivity index (χ2v) is 5.65. The molecule has 1 aliphatic rings. The number of likely N-dealkylation sites (tertiary alicyclic amines) is 1. The largest absolute Gasteiger partial charge is 0.340 e. The Morgan fingerprint density at radius 1 is 1.52 bits per heavy atom. The van der Waals surface area contributed by atoms with Crippen molar-refractivity contribution in [1.82, 2.24) is 29.9 Å². The van der Waals surface area contributed by atoms with Crippen LogP contribution < -0.4 is 0 Å². The second kappa shape index (κ2) is 5.67. The van der Waals surface area contributed by atoms with Gasteiger partial charge in [-0.25, -0.2) is 9.67 Å². The third-order valence-electron chi connectivity index (χ3n) is 4.07. The first-order valence-electron chi connectivity index (χ1n) is 7.30. The summed E-state index contributed by atoms with van der Waals surface area (Å²) in [5.41, 5.74) is 2.11. The predicted octanol–water partition coefficient (Wildman–Crippen LogP) is 1.28. The van der Waals surface area contributed by atoms with Crippen molar-refractivity contribution in [2.45, 2.75) is 38.6 Å². The van der Waals surface area contributed by atoms with Gasteiger partial charge in [-0.05, 0) is 32.8 Å². The van der Waals surface area contributed by atoms with E-state index in [0.29, 0.717) is 5.92 Å². The van der Waals surface area contributed by atoms with Crippen LogP contribution >= 0.6 is 0 Å². The molecule has 2 aromatic heterocycles. The summed E-state index contributed by atoms with van der Waals surface area (Å²) in [6, 6.07) is 1.76. The number of aromatic amines is 1. The van der Waals surface area contributed by atoms with Gasteiger partial charge in [0.2, 0.25) is 5.91 Å². The summed E-state index contributed by atoms with van der Waals surface area (Å²) in [5, 5.41) is 11.4. The van der Waals surface area contributed by atoms with Gasteiger partial charge in [-0.3, -0.25) is 9.89 Å². The molecule has 7 heteroatoms. The first kappa shape index (κ1) is 13.8. The molecule has 3 heterocycles. The van der Waals surface area contributed by atoms with E-state index in [-0.39, 0.29) is 11.9 Å². The quantitative estimate of drug-likeness (QED) is 0.922. The summed E-state index contributed by atoms with van der Waals surface area (Å²) in [4.78, 5) is 18.4. The molecule has 1 saturated heterocycles. The van der Waals surface area contributed by atoms with Crippen molar-refractivity contribution in [3.8, 4) is 0 Å². The van der Waals surface area contributed by atoms with Crippen molar-refractivity contribution in [2.24, 2.45) is 0 Å². The summed E-state index contributed by atoms with van der Waals surface area (Å²) in [7, 11) is 0. The summed E-state index contributed by atoms with van der Waals surface area (Å²) in [6.07, 6.45) is 5.12. The lowest BCUT2D eigenvalue weighted by Gasteiger charge is -2.33. The number of rotatable bonds is 3. The Morgan fingerprint density at radius 2 is 2.38 bits per heavy atom. The average molecular weight is 288 g/mol. The van der Waals surface area contributed by atoms with E-state index in [2.05, 4.69) is 26.3 Å². The van der Waals surface area contributed by atoms with E-state index < -0.39 is 0 Å². The molecule has 7 nitrogen and oxygen atoms in total. The Hall–Kier alpha value is -2.18. The summed E-state index contributed by atoms with van der Waals surface area (Å²) in [5.74, 6) is 0.410. The van der Waals surface area contributed by atoms with E-state index >= 15 is 0 Å². The van der Waals surface area contributed by atoms with Crippen molar-refractivity contribution in [3.05, 3.63) is 30.1 Å². The van der Waals surface area contributed by atoms with Crippen LogP contribution in [-0.4, -0.2) is 48.9 Å². The number of nitrogens with one attached hydrogen (secondary N) is 1. The van der Waals surface area contributed by atoms with Gasteiger partial charge in [-0.2, -0.15) is 10.2 Å². The maximum atomic E-state index is 12.6. The molecule has 112 valence electrons. The van der Waals surface area contributed by atoms with Crippen LogP contribution in [0.1, 0.15) is 43.1 Å². The molecule has 2 atom stereocenters. The topological polar surface area (TPSA) is 79.7 Å². The highest BCUT2D eigenvalue weighted by molar-refractivity contribution is 5.80. The van der Waals surface area contributed by atoms with Crippen molar-refractivity contribution in [1.29, 1.82) is 0 Å². The Kier molecular flexibility index (Phi) is 3.72. The lowest BCUT2D eigenvalue weighted by molar-refractivity contribution is -0.135. The molecule has 21 heavy (non-hydrogen) atoms. The minimum Gasteiger partial charge on any atom is -0.340 e. The van der Waals surface area contributed by atoms with Crippen LogP contribution in [0.5, 0.6) is 0 Å². The van der Waals surface area contributed by atoms with E-state index in [4.69, 9.17) is 0 Å². The summed E-state index contributed by atoms with van der Waals surface area (Å²) < 4.78 is 1.60. The molecule has 0 unspecified atom stereocenters. The van der Waals surface area contributed by atoms with Crippen molar-refractivity contribution >= 4 is 5.91 Å². The van der Waals surface area contributed by atoms with E-state index in [1.165, 1.54) is 6.33 Å². The number of aryl methyl sites for hydroxylation is 1. The molecular formula is C14H20N6O. The van der Waals surface area contributed by atoms with Gasteiger partial charge in [0.25, 0.3) is 0 Å². The Morgan fingerprint density at radius 3 is 3.05 bits per heavy atom. The Bertz CT molecular complexity index is 605. The Labute approximate surface area is 123 Å². The second-order valence-electron chi connectivity index (χ2n) is 5.65. The first-order chi connectivity index (χ1) is 10.1. The van der Waals surface area contributed by atoms with E-state index in [9.17, 15) is 4.79 Å². The maximum Gasteiger partial charge on any atom is 0.247 e. The zero-order valence-corrected chi connectivity index (χ0v) is 12.4. The van der Waals surface area contributed by atoms with Crippen molar-refractivity contribution < 1.29 is 4.79 Å². The van der Waals surface area contributed by atoms with Gasteiger partial charge in [-0.1, -0.05) is 0 Å². The number of nitrogens with zero attached hydrogens (tertiary/aromatic N) is 5. The normalized spacial score (nSPS) is 20.5. The van der Waals surface area contributed by atoms with Crippen molar-refractivity contribution in [2.75, 3.05) is 13.1 Å². The van der Waals surface area contributed by atoms with Crippen molar-refractivity contribution in [3.63, 3.8) is 0 Å². The van der Waals surface area contributed by atoms with Crippen LogP contribution in [0.2, 0.25) is 0 Å². The molecule has 1 N–H and O–H groups in total. The fourth-order valence-electron chi connectivity index (χ4n) is 2.86. The standard InChI is InChI=1S/C14H20N6O/c1-10-6-13(18-17-10)12-4-3-5-19(7-12)14(21)11(2)20-9-15-8-16-20/h6,8-9,11-12H,3-5,7H2,1-2H3,(H,17,18)/t11-,12+/m0/s1. The number of carbonyl (C=O) groups excluding carboxylic acids is 1. The van der Waals surface area contributed by atoms with Gasteiger partial charge in [0.15, 0.2) is 0 Å². The molecule has 1 aliphatic heterocycles. The van der Waals surface area contributed by atoms with Gasteiger partial charge in [0.05, 0.1) is 5.69 Å². The number of hydrogen-bond acceptors (Lipinski definition) is 4. The molecule has 0 saturated carbocycles. The zero-order valence-electron chi connectivity index (χ0n) is 12.4. The molecule has 2 aromatic rings. The smallest absolute Gasteiger partial charge is 0.247 e. The van der Waals surface area contributed by atoms with Gasteiger partial charge < -0.3 is 4.90 Å². The molecule has 0 radical (unpaired) electrons. The number of carbonyl (C=O) groups is 1. The highest BCUT2D eigenvalue weighted by atomic mass is 16.2. The minimum absolute atomic E-state index is 0.0949. The number of amides is 1. The summed E-state index contributed by atoms with van der Waals surface area (Å²) in [6.45, 7) is 5.38. The first-order valence-corrected chi connectivity index (χ1v) is 7.30. The van der Waals surface area contributed by atoms with Gasteiger partial charge in [0, 0.05) is 24.7 Å². The van der Waals surface area contributed by atoms with Gasteiger partial charge in [0.1, 0.15) is 18.7 Å². The van der Waals surface area contributed by atoms with Crippen LogP contribution in [0.25, 0.3) is 0 Å². The number of piperidine rings is 1. The highest BCUT2D eigenvalue weighted by Crippen LogP contribution is 2.27. The molecule has 0 aliphatic carbocycles. The average Bonchev–Trinajstić information content (AvgIpc) is 3.17. The maximum absolute atomic E-state index is 12.6. The summed E-state index contributed by atoms with van der Waals surface area (Å²) >= 11 is 0. The fourth-order valence-corrected chi connectivity index (χ4v) is 2.86. The zero-order chi connectivity index (χ0) is 14.8.